The van der Waals surface area contributed by atoms with Crippen LogP contribution in [0.3, 0.4) is 0 Å². The van der Waals surface area contributed by atoms with Gasteiger partial charge < -0.3 is 4.90 Å². The SMILES string of the molecule is N#CCC(=O)N1CCc2ccc(F)c(F)c21. The normalized spacial score (nSPS) is 13.4. The second-order valence-corrected chi connectivity index (χ2v) is 3.50. The molecule has 1 amide bonds. The van der Waals surface area contributed by atoms with Gasteiger partial charge in [0.2, 0.25) is 5.91 Å². The minimum absolute atomic E-state index is 0.0137. The van der Waals surface area contributed by atoms with Gasteiger partial charge in [0, 0.05) is 6.54 Å². The van der Waals surface area contributed by atoms with Gasteiger partial charge in [0.1, 0.15) is 6.42 Å². The van der Waals surface area contributed by atoms with Crippen molar-refractivity contribution in [3.8, 4) is 6.07 Å². The Kier molecular flexibility index (Phi) is 2.57. The molecule has 0 atom stereocenters. The number of benzene rings is 1. The maximum absolute atomic E-state index is 13.5. The predicted octanol–water partition coefficient (Wildman–Crippen LogP) is 1.77. The molecule has 0 saturated carbocycles. The van der Waals surface area contributed by atoms with Gasteiger partial charge in [-0.25, -0.2) is 8.78 Å². The lowest BCUT2D eigenvalue weighted by atomic mass is 10.1. The van der Waals surface area contributed by atoms with E-state index in [4.69, 9.17) is 5.26 Å². The van der Waals surface area contributed by atoms with E-state index >= 15 is 0 Å². The van der Waals surface area contributed by atoms with Crippen molar-refractivity contribution in [3.63, 3.8) is 0 Å². The maximum Gasteiger partial charge on any atom is 0.241 e. The van der Waals surface area contributed by atoms with Crippen LogP contribution in [0.15, 0.2) is 12.1 Å². The molecule has 1 heterocycles. The Bertz CT molecular complexity index is 493. The number of nitrogens with zero attached hydrogens (tertiary/aromatic N) is 2. The highest BCUT2D eigenvalue weighted by atomic mass is 19.2. The summed E-state index contributed by atoms with van der Waals surface area (Å²) in [5.41, 5.74) is 0.588. The lowest BCUT2D eigenvalue weighted by molar-refractivity contribution is -0.117. The van der Waals surface area contributed by atoms with Crippen LogP contribution >= 0.6 is 0 Å². The molecular formula is C11H8F2N2O. The van der Waals surface area contributed by atoms with Crippen molar-refractivity contribution in [1.29, 1.82) is 5.26 Å². The Morgan fingerprint density at radius 2 is 2.25 bits per heavy atom. The first-order valence-electron chi connectivity index (χ1n) is 4.79. The monoisotopic (exact) mass is 222 g/mol. The van der Waals surface area contributed by atoms with E-state index in [2.05, 4.69) is 0 Å². The highest BCUT2D eigenvalue weighted by Gasteiger charge is 2.29. The fraction of sp³-hybridized carbons (Fsp3) is 0.273. The number of halogens is 2. The second kappa shape index (κ2) is 3.89. The van der Waals surface area contributed by atoms with Crippen molar-refractivity contribution < 1.29 is 13.6 Å². The Morgan fingerprint density at radius 1 is 1.50 bits per heavy atom. The van der Waals surface area contributed by atoms with E-state index in [0.29, 0.717) is 18.5 Å². The highest BCUT2D eigenvalue weighted by molar-refractivity contribution is 5.96. The molecule has 1 aliphatic heterocycles. The highest BCUT2D eigenvalue weighted by Crippen LogP contribution is 2.32. The third-order valence-corrected chi connectivity index (χ3v) is 2.56. The average molecular weight is 222 g/mol. The first-order chi connectivity index (χ1) is 7.65. The van der Waals surface area contributed by atoms with Crippen molar-refractivity contribution >= 4 is 11.6 Å². The van der Waals surface area contributed by atoms with Crippen LogP contribution in [-0.2, 0) is 11.2 Å². The van der Waals surface area contributed by atoms with E-state index in [1.165, 1.54) is 6.07 Å². The molecule has 0 radical (unpaired) electrons. The summed E-state index contributed by atoms with van der Waals surface area (Å²) in [6, 6.07) is 4.22. The van der Waals surface area contributed by atoms with Gasteiger partial charge in [0.15, 0.2) is 11.6 Å². The lowest BCUT2D eigenvalue weighted by Crippen LogP contribution is -2.29. The van der Waals surface area contributed by atoms with Crippen LogP contribution < -0.4 is 4.90 Å². The molecule has 0 unspecified atom stereocenters. The van der Waals surface area contributed by atoms with E-state index in [-0.39, 0.29) is 12.1 Å². The molecule has 2 rings (SSSR count). The van der Waals surface area contributed by atoms with Gasteiger partial charge in [-0.1, -0.05) is 6.07 Å². The molecule has 0 saturated heterocycles. The Morgan fingerprint density at radius 3 is 2.94 bits per heavy atom. The molecule has 16 heavy (non-hydrogen) atoms. The fourth-order valence-electron chi connectivity index (χ4n) is 1.83. The van der Waals surface area contributed by atoms with Crippen molar-refractivity contribution in [1.82, 2.24) is 0 Å². The van der Waals surface area contributed by atoms with Gasteiger partial charge in [-0.3, -0.25) is 4.79 Å². The molecule has 1 aromatic carbocycles. The van der Waals surface area contributed by atoms with Gasteiger partial charge in [0.05, 0.1) is 11.8 Å². The molecule has 82 valence electrons. The van der Waals surface area contributed by atoms with Gasteiger partial charge in [-0.15, -0.1) is 0 Å². The summed E-state index contributed by atoms with van der Waals surface area (Å²) < 4.78 is 26.5. The fourth-order valence-corrected chi connectivity index (χ4v) is 1.83. The van der Waals surface area contributed by atoms with Crippen LogP contribution in [0.1, 0.15) is 12.0 Å². The van der Waals surface area contributed by atoms with Gasteiger partial charge in [-0.2, -0.15) is 5.26 Å². The molecule has 0 N–H and O–H groups in total. The van der Waals surface area contributed by atoms with E-state index in [9.17, 15) is 13.6 Å². The molecule has 0 spiro atoms. The summed E-state index contributed by atoms with van der Waals surface area (Å²) in [6.45, 7) is 0.302. The number of rotatable bonds is 1. The smallest absolute Gasteiger partial charge is 0.241 e. The van der Waals surface area contributed by atoms with Crippen LogP contribution in [0.25, 0.3) is 0 Å². The largest absolute Gasteiger partial charge is 0.308 e. The molecule has 3 nitrogen and oxygen atoms in total. The molecule has 0 aliphatic carbocycles. The first-order valence-corrected chi connectivity index (χ1v) is 4.79. The second-order valence-electron chi connectivity index (χ2n) is 3.50. The number of anilines is 1. The number of carbonyl (C=O) groups is 1. The first kappa shape index (κ1) is 10.6. The molecule has 1 aromatic rings. The van der Waals surface area contributed by atoms with Crippen molar-refractivity contribution in [2.24, 2.45) is 0 Å². The number of hydrogen-bond acceptors (Lipinski definition) is 2. The summed E-state index contributed by atoms with van der Waals surface area (Å²) in [6.07, 6.45) is 0.166. The van der Waals surface area contributed by atoms with Crippen LogP contribution in [0.4, 0.5) is 14.5 Å². The molecule has 1 aliphatic rings. The lowest BCUT2D eigenvalue weighted by Gasteiger charge is -2.16. The van der Waals surface area contributed by atoms with E-state index < -0.39 is 17.5 Å². The Hall–Kier alpha value is -1.96. The zero-order valence-corrected chi connectivity index (χ0v) is 8.33. The van der Waals surface area contributed by atoms with Gasteiger partial charge in [0.25, 0.3) is 0 Å². The number of carbonyl (C=O) groups excluding carboxylic acids is 1. The molecule has 5 heteroatoms. The minimum Gasteiger partial charge on any atom is -0.308 e. The quantitative estimate of drug-likeness (QED) is 0.726. The van der Waals surface area contributed by atoms with Crippen LogP contribution in [-0.4, -0.2) is 12.5 Å². The third-order valence-electron chi connectivity index (χ3n) is 2.56. The standard InChI is InChI=1S/C11H8F2N2O/c12-8-2-1-7-4-6-15(9(16)3-5-14)11(7)10(8)13/h1-2H,3-4,6H2. The maximum atomic E-state index is 13.5. The van der Waals surface area contributed by atoms with Crippen molar-refractivity contribution in [3.05, 3.63) is 29.3 Å². The van der Waals surface area contributed by atoms with Crippen molar-refractivity contribution in [2.45, 2.75) is 12.8 Å². The van der Waals surface area contributed by atoms with Crippen LogP contribution in [0.5, 0.6) is 0 Å². The van der Waals surface area contributed by atoms with E-state index in [1.54, 1.807) is 6.07 Å². The van der Waals surface area contributed by atoms with Crippen LogP contribution in [0, 0.1) is 23.0 Å². The predicted molar refractivity (Wildman–Crippen MR) is 52.6 cm³/mol. The van der Waals surface area contributed by atoms with Gasteiger partial charge in [-0.05, 0) is 18.1 Å². The average Bonchev–Trinajstić information content (AvgIpc) is 2.68. The topological polar surface area (TPSA) is 44.1 Å². The summed E-state index contributed by atoms with van der Waals surface area (Å²) in [5.74, 6) is -2.48. The minimum atomic E-state index is -1.01. The number of amides is 1. The zero-order chi connectivity index (χ0) is 11.7. The summed E-state index contributed by atoms with van der Waals surface area (Å²) >= 11 is 0. The Balaban J connectivity index is 2.43. The summed E-state index contributed by atoms with van der Waals surface area (Å²) in [7, 11) is 0. The summed E-state index contributed by atoms with van der Waals surface area (Å²) in [4.78, 5) is 12.6. The molecule has 0 aromatic heterocycles. The van der Waals surface area contributed by atoms with E-state index in [1.807, 2.05) is 0 Å². The van der Waals surface area contributed by atoms with Crippen molar-refractivity contribution in [2.75, 3.05) is 11.4 Å². The molecule has 0 bridgehead atoms. The molecule has 0 fully saturated rings. The number of hydrogen-bond donors (Lipinski definition) is 0. The Labute approximate surface area is 90.9 Å². The number of fused-ring (bicyclic) bond motifs is 1. The van der Waals surface area contributed by atoms with Gasteiger partial charge >= 0.3 is 0 Å². The number of nitriles is 1. The summed E-state index contributed by atoms with van der Waals surface area (Å²) in [5, 5.41) is 8.40. The zero-order valence-electron chi connectivity index (χ0n) is 8.33. The molecular weight excluding hydrogens is 214 g/mol. The van der Waals surface area contributed by atoms with E-state index in [0.717, 1.165) is 11.0 Å². The van der Waals surface area contributed by atoms with Crippen LogP contribution in [0.2, 0.25) is 0 Å². The third kappa shape index (κ3) is 1.52.